The second kappa shape index (κ2) is 8.06. The van der Waals surface area contributed by atoms with Crippen LogP contribution in [0.4, 0.5) is 13.2 Å². The number of hydrogen-bond acceptors (Lipinski definition) is 5. The number of carbonyl (C=O) groups is 3. The van der Waals surface area contributed by atoms with E-state index in [1.807, 2.05) is 0 Å². The van der Waals surface area contributed by atoms with E-state index in [-0.39, 0.29) is 47.8 Å². The number of carbonyl (C=O) groups excluding carboxylic acids is 3. The van der Waals surface area contributed by atoms with Gasteiger partial charge in [-0.25, -0.2) is 0 Å². The summed E-state index contributed by atoms with van der Waals surface area (Å²) in [4.78, 5) is 39.4. The van der Waals surface area contributed by atoms with E-state index in [0.717, 1.165) is 11.1 Å². The zero-order valence-electron chi connectivity index (χ0n) is 17.8. The minimum Gasteiger partial charge on any atom is -0.354 e. The zero-order valence-corrected chi connectivity index (χ0v) is 17.8. The van der Waals surface area contributed by atoms with Crippen LogP contribution in [0, 0.1) is 0 Å². The van der Waals surface area contributed by atoms with E-state index >= 15 is 0 Å². The number of halogens is 3. The molecule has 0 bridgehead atoms. The van der Waals surface area contributed by atoms with E-state index in [0.29, 0.717) is 31.6 Å². The van der Waals surface area contributed by atoms with Crippen molar-refractivity contribution in [1.29, 1.82) is 0 Å². The minimum atomic E-state index is -4.59. The average Bonchev–Trinajstić information content (AvgIpc) is 3.29. The van der Waals surface area contributed by atoms with Crippen molar-refractivity contribution >= 4 is 17.6 Å². The molecule has 32 heavy (non-hydrogen) atoms. The number of hydrogen-bond donors (Lipinski definition) is 1. The maximum Gasteiger partial charge on any atom is 0.435 e. The summed E-state index contributed by atoms with van der Waals surface area (Å²) in [6.45, 7) is 0.408. The topological polar surface area (TPSA) is 102 Å². The van der Waals surface area contributed by atoms with Crippen LogP contribution in [0.5, 0.6) is 0 Å². The molecular formula is C20H23F3N6O3. The number of fused-ring (bicyclic) bond motifs is 2. The van der Waals surface area contributed by atoms with Crippen molar-refractivity contribution < 1.29 is 27.6 Å². The normalized spacial score (nSPS) is 16.0. The highest BCUT2D eigenvalue weighted by atomic mass is 19.4. The molecule has 0 saturated carbocycles. The molecule has 0 spiro atoms. The molecule has 12 heteroatoms. The first-order valence-corrected chi connectivity index (χ1v) is 10.4. The number of aromatic nitrogens is 4. The Bertz CT molecular complexity index is 1100. The number of alkyl halides is 3. The Morgan fingerprint density at radius 1 is 1.12 bits per heavy atom. The first kappa shape index (κ1) is 22.0. The summed E-state index contributed by atoms with van der Waals surface area (Å²) in [7, 11) is 3.02. The molecule has 2 aromatic rings. The quantitative estimate of drug-likeness (QED) is 0.736. The van der Waals surface area contributed by atoms with E-state index in [1.54, 1.807) is 7.05 Å². The standard InChI is InChI=1S/C20H23F3N6O3/c1-24-18(31)15-13(16-19(32)27(2)7-8-28(16)25-15)9-11(30)10-29-14-6-4-3-5-12(14)17(26-29)20(21,22)23/h3-10H2,1-2H3,(H,24,31). The molecule has 2 aromatic heterocycles. The number of nitrogens with one attached hydrogen (secondary N) is 1. The van der Waals surface area contributed by atoms with Gasteiger partial charge in [-0.3, -0.25) is 23.7 Å². The summed E-state index contributed by atoms with van der Waals surface area (Å²) < 4.78 is 42.8. The largest absolute Gasteiger partial charge is 0.435 e. The van der Waals surface area contributed by atoms with Crippen molar-refractivity contribution in [3.8, 4) is 0 Å². The lowest BCUT2D eigenvalue weighted by molar-refractivity contribution is -0.142. The Balaban J connectivity index is 1.66. The lowest BCUT2D eigenvalue weighted by Gasteiger charge is -2.24. The molecular weight excluding hydrogens is 429 g/mol. The molecule has 1 aliphatic heterocycles. The summed E-state index contributed by atoms with van der Waals surface area (Å²) in [6, 6.07) is 0. The van der Waals surface area contributed by atoms with Crippen molar-refractivity contribution in [2.45, 2.75) is 51.4 Å². The van der Waals surface area contributed by atoms with Crippen LogP contribution in [0.15, 0.2) is 0 Å². The molecule has 0 unspecified atom stereocenters. The molecule has 172 valence electrons. The van der Waals surface area contributed by atoms with Crippen LogP contribution in [-0.2, 0) is 43.3 Å². The van der Waals surface area contributed by atoms with Gasteiger partial charge in [-0.1, -0.05) is 0 Å². The molecule has 1 N–H and O–H groups in total. The van der Waals surface area contributed by atoms with Crippen molar-refractivity contribution in [2.75, 3.05) is 20.6 Å². The first-order valence-electron chi connectivity index (χ1n) is 10.4. The molecule has 0 atom stereocenters. The van der Waals surface area contributed by atoms with Gasteiger partial charge < -0.3 is 10.2 Å². The lowest BCUT2D eigenvalue weighted by atomic mass is 9.95. The van der Waals surface area contributed by atoms with Gasteiger partial charge in [0.15, 0.2) is 17.2 Å². The molecule has 0 saturated heterocycles. The molecule has 4 rings (SSSR count). The van der Waals surface area contributed by atoms with Gasteiger partial charge in [0, 0.05) is 43.9 Å². The average molecular weight is 452 g/mol. The number of Topliss-reactive ketones (excluding diaryl/α,β-unsaturated/α-hetero) is 1. The molecule has 0 fully saturated rings. The lowest BCUT2D eigenvalue weighted by Crippen LogP contribution is -2.38. The van der Waals surface area contributed by atoms with Crippen LogP contribution < -0.4 is 5.32 Å². The predicted molar refractivity (Wildman–Crippen MR) is 105 cm³/mol. The highest BCUT2D eigenvalue weighted by Gasteiger charge is 2.40. The number of ketones is 1. The smallest absolute Gasteiger partial charge is 0.354 e. The Morgan fingerprint density at radius 3 is 2.53 bits per heavy atom. The fourth-order valence-corrected chi connectivity index (χ4v) is 4.35. The third-order valence-corrected chi connectivity index (χ3v) is 5.91. The Labute approximate surface area is 181 Å². The van der Waals surface area contributed by atoms with E-state index in [9.17, 15) is 27.6 Å². The van der Waals surface area contributed by atoms with Gasteiger partial charge in [0.2, 0.25) is 0 Å². The molecule has 3 heterocycles. The summed E-state index contributed by atoms with van der Waals surface area (Å²) in [6.07, 6.45) is -2.84. The molecule has 0 radical (unpaired) electrons. The van der Waals surface area contributed by atoms with Crippen molar-refractivity contribution in [1.82, 2.24) is 29.8 Å². The maximum absolute atomic E-state index is 13.4. The van der Waals surface area contributed by atoms with Gasteiger partial charge in [-0.2, -0.15) is 23.4 Å². The van der Waals surface area contributed by atoms with E-state index in [1.165, 1.54) is 16.6 Å². The third-order valence-electron chi connectivity index (χ3n) is 5.91. The van der Waals surface area contributed by atoms with Gasteiger partial charge in [-0.05, 0) is 25.7 Å². The molecule has 2 aliphatic rings. The molecule has 9 nitrogen and oxygen atoms in total. The molecule has 2 amide bonds. The molecule has 1 aliphatic carbocycles. The Hall–Kier alpha value is -3.18. The van der Waals surface area contributed by atoms with Gasteiger partial charge in [-0.15, -0.1) is 0 Å². The van der Waals surface area contributed by atoms with E-state index < -0.39 is 23.6 Å². The van der Waals surface area contributed by atoms with Gasteiger partial charge in [0.05, 0.1) is 6.54 Å². The fraction of sp³-hybridized carbons (Fsp3) is 0.550. The summed E-state index contributed by atoms with van der Waals surface area (Å²) in [5.41, 5.74) is -0.0468. The highest BCUT2D eigenvalue weighted by Crippen LogP contribution is 2.35. The minimum absolute atomic E-state index is 0.0297. The maximum atomic E-state index is 13.4. The van der Waals surface area contributed by atoms with Crippen LogP contribution in [0.3, 0.4) is 0 Å². The summed E-state index contributed by atoms with van der Waals surface area (Å²) in [5, 5.41) is 10.4. The van der Waals surface area contributed by atoms with E-state index in [4.69, 9.17) is 0 Å². The van der Waals surface area contributed by atoms with Crippen LogP contribution in [0.25, 0.3) is 0 Å². The number of likely N-dealkylation sites (N-methyl/N-ethyl adjacent to an activating group) is 1. The van der Waals surface area contributed by atoms with Crippen LogP contribution in [0.1, 0.15) is 56.3 Å². The number of nitrogens with zero attached hydrogens (tertiary/aromatic N) is 5. The van der Waals surface area contributed by atoms with Crippen molar-refractivity contribution in [3.63, 3.8) is 0 Å². The first-order chi connectivity index (χ1) is 15.1. The Kier molecular flexibility index (Phi) is 5.55. The Morgan fingerprint density at radius 2 is 1.84 bits per heavy atom. The number of amides is 2. The van der Waals surface area contributed by atoms with E-state index in [2.05, 4.69) is 15.5 Å². The molecule has 0 aromatic carbocycles. The second-order valence-electron chi connectivity index (χ2n) is 8.06. The SMILES string of the molecule is CNC(=O)c1nn2c(c1CC(=O)Cn1nc(C(F)(F)F)c3c1CCCC3)C(=O)N(C)CC2. The van der Waals surface area contributed by atoms with Crippen LogP contribution in [0.2, 0.25) is 0 Å². The van der Waals surface area contributed by atoms with Crippen LogP contribution >= 0.6 is 0 Å². The highest BCUT2D eigenvalue weighted by molar-refractivity contribution is 6.02. The zero-order chi connectivity index (χ0) is 23.2. The van der Waals surface area contributed by atoms with Crippen molar-refractivity contribution in [2.24, 2.45) is 0 Å². The fourth-order valence-electron chi connectivity index (χ4n) is 4.35. The van der Waals surface area contributed by atoms with Crippen molar-refractivity contribution in [3.05, 3.63) is 33.9 Å². The number of rotatable bonds is 5. The third kappa shape index (κ3) is 3.78. The summed E-state index contributed by atoms with van der Waals surface area (Å²) >= 11 is 0. The second-order valence-corrected chi connectivity index (χ2v) is 8.06. The van der Waals surface area contributed by atoms with Gasteiger partial charge in [0.25, 0.3) is 11.8 Å². The van der Waals surface area contributed by atoms with Crippen LogP contribution in [-0.4, -0.2) is 62.7 Å². The monoisotopic (exact) mass is 452 g/mol. The summed E-state index contributed by atoms with van der Waals surface area (Å²) in [5.74, 6) is -1.37. The van der Waals surface area contributed by atoms with Gasteiger partial charge >= 0.3 is 6.18 Å². The van der Waals surface area contributed by atoms with Gasteiger partial charge in [0.1, 0.15) is 12.2 Å². The predicted octanol–water partition coefficient (Wildman–Crippen LogP) is 1.23.